The third-order valence-electron chi connectivity index (χ3n) is 5.28. The highest BCUT2D eigenvalue weighted by atomic mass is 32.1. The Morgan fingerprint density at radius 1 is 1.21 bits per heavy atom. The van der Waals surface area contributed by atoms with Crippen molar-refractivity contribution in [1.82, 2.24) is 4.90 Å². The standard InChI is InChI=1S/C18H22N2O2S2/c1-19-14-2-3-15(19)9-17(8-14)22-18(21)20(16-5-7-24-12-16)10-13-4-6-23-11-13/h4-7,11-12,14-15,17H,2-3,8-10H2,1H3/t14-,15+,17?. The molecule has 4 rings (SSSR count). The van der Waals surface area contributed by atoms with Crippen molar-refractivity contribution in [1.29, 1.82) is 0 Å². The summed E-state index contributed by atoms with van der Waals surface area (Å²) in [5, 5.41) is 8.13. The molecule has 6 heteroatoms. The number of anilines is 1. The summed E-state index contributed by atoms with van der Waals surface area (Å²) in [6.07, 6.45) is 4.24. The molecule has 2 aliphatic rings. The summed E-state index contributed by atoms with van der Waals surface area (Å²) < 4.78 is 5.92. The molecular formula is C18H22N2O2S2. The molecule has 3 atom stereocenters. The Morgan fingerprint density at radius 3 is 2.54 bits per heavy atom. The van der Waals surface area contributed by atoms with Crippen LogP contribution in [-0.2, 0) is 11.3 Å². The molecule has 0 aliphatic carbocycles. The summed E-state index contributed by atoms with van der Waals surface area (Å²) in [6.45, 7) is 0.568. The van der Waals surface area contributed by atoms with Crippen molar-refractivity contribution in [2.45, 2.75) is 50.4 Å². The fraction of sp³-hybridized carbons (Fsp3) is 0.500. The molecule has 1 amide bonds. The lowest BCUT2D eigenvalue weighted by molar-refractivity contribution is 0.0314. The third-order valence-corrected chi connectivity index (χ3v) is 6.68. The molecule has 2 saturated heterocycles. The lowest BCUT2D eigenvalue weighted by Gasteiger charge is -2.36. The summed E-state index contributed by atoms with van der Waals surface area (Å²) in [6, 6.07) is 5.20. The van der Waals surface area contributed by atoms with E-state index in [1.54, 1.807) is 27.6 Å². The summed E-state index contributed by atoms with van der Waals surface area (Å²) in [5.74, 6) is 0. The molecule has 4 heterocycles. The zero-order valence-electron chi connectivity index (χ0n) is 13.8. The number of hydrogen-bond acceptors (Lipinski definition) is 5. The van der Waals surface area contributed by atoms with E-state index in [2.05, 4.69) is 23.4 Å². The molecule has 4 nitrogen and oxygen atoms in total. The van der Waals surface area contributed by atoms with Crippen LogP contribution in [0.1, 0.15) is 31.2 Å². The average Bonchev–Trinajstić information content (AvgIpc) is 3.29. The van der Waals surface area contributed by atoms with Crippen molar-refractivity contribution in [2.75, 3.05) is 11.9 Å². The van der Waals surface area contributed by atoms with E-state index >= 15 is 0 Å². The Bertz CT molecular complexity index is 657. The quantitative estimate of drug-likeness (QED) is 0.798. The van der Waals surface area contributed by atoms with Gasteiger partial charge in [0.05, 0.1) is 12.2 Å². The number of piperidine rings is 1. The van der Waals surface area contributed by atoms with Gasteiger partial charge in [-0.15, -0.1) is 0 Å². The minimum atomic E-state index is -0.214. The highest BCUT2D eigenvalue weighted by Gasteiger charge is 2.40. The fourth-order valence-electron chi connectivity index (χ4n) is 3.90. The lowest BCUT2D eigenvalue weighted by Crippen LogP contribution is -2.45. The fourth-order valence-corrected chi connectivity index (χ4v) is 5.20. The molecule has 2 aromatic rings. The first kappa shape index (κ1) is 16.1. The van der Waals surface area contributed by atoms with Gasteiger partial charge in [-0.25, -0.2) is 4.79 Å². The molecule has 0 radical (unpaired) electrons. The molecule has 2 fully saturated rings. The first-order chi connectivity index (χ1) is 11.7. The van der Waals surface area contributed by atoms with Gasteiger partial charge in [0.2, 0.25) is 0 Å². The lowest BCUT2D eigenvalue weighted by atomic mass is 10.0. The van der Waals surface area contributed by atoms with Crippen molar-refractivity contribution in [3.8, 4) is 0 Å². The van der Waals surface area contributed by atoms with Crippen LogP contribution in [0.15, 0.2) is 33.7 Å². The van der Waals surface area contributed by atoms with Crippen molar-refractivity contribution < 1.29 is 9.53 Å². The number of rotatable bonds is 4. The molecule has 0 N–H and O–H groups in total. The smallest absolute Gasteiger partial charge is 0.414 e. The van der Waals surface area contributed by atoms with Crippen molar-refractivity contribution in [3.63, 3.8) is 0 Å². The Kier molecular flexibility index (Phi) is 4.61. The molecule has 2 aromatic heterocycles. The Morgan fingerprint density at radius 2 is 1.92 bits per heavy atom. The van der Waals surface area contributed by atoms with E-state index in [0.29, 0.717) is 18.6 Å². The van der Waals surface area contributed by atoms with E-state index in [1.807, 2.05) is 22.2 Å². The summed E-state index contributed by atoms with van der Waals surface area (Å²) in [7, 11) is 2.20. The van der Waals surface area contributed by atoms with E-state index in [9.17, 15) is 4.79 Å². The van der Waals surface area contributed by atoms with Gasteiger partial charge in [0, 0.05) is 30.3 Å². The minimum Gasteiger partial charge on any atom is -0.446 e. The Balaban J connectivity index is 1.46. The second-order valence-corrected chi connectivity index (χ2v) is 8.29. The minimum absolute atomic E-state index is 0.0508. The van der Waals surface area contributed by atoms with Gasteiger partial charge in [0.1, 0.15) is 6.10 Å². The van der Waals surface area contributed by atoms with Gasteiger partial charge < -0.3 is 9.64 Å². The van der Waals surface area contributed by atoms with Crippen LogP contribution in [-0.4, -0.2) is 36.2 Å². The number of carbonyl (C=O) groups excluding carboxylic acids is 1. The topological polar surface area (TPSA) is 32.8 Å². The van der Waals surface area contributed by atoms with E-state index in [1.165, 1.54) is 12.8 Å². The number of thiophene rings is 2. The number of fused-ring (bicyclic) bond motifs is 2. The maximum Gasteiger partial charge on any atom is 0.414 e. The third kappa shape index (κ3) is 3.23. The van der Waals surface area contributed by atoms with Crippen LogP contribution >= 0.6 is 22.7 Å². The van der Waals surface area contributed by atoms with Gasteiger partial charge in [-0.3, -0.25) is 4.90 Å². The van der Waals surface area contributed by atoms with E-state index in [0.717, 1.165) is 24.1 Å². The molecule has 2 bridgehead atoms. The summed E-state index contributed by atoms with van der Waals surface area (Å²) in [5.41, 5.74) is 2.07. The van der Waals surface area contributed by atoms with Crippen LogP contribution < -0.4 is 4.90 Å². The molecular weight excluding hydrogens is 340 g/mol. The van der Waals surface area contributed by atoms with E-state index in [4.69, 9.17) is 4.74 Å². The Labute approximate surface area is 150 Å². The molecule has 24 heavy (non-hydrogen) atoms. The second kappa shape index (κ2) is 6.86. The number of carbonyl (C=O) groups is 1. The van der Waals surface area contributed by atoms with Crippen LogP contribution in [0.3, 0.4) is 0 Å². The van der Waals surface area contributed by atoms with E-state index in [-0.39, 0.29) is 12.2 Å². The molecule has 128 valence electrons. The second-order valence-electron chi connectivity index (χ2n) is 6.73. The van der Waals surface area contributed by atoms with Gasteiger partial charge in [-0.2, -0.15) is 22.7 Å². The van der Waals surface area contributed by atoms with Crippen LogP contribution in [0.5, 0.6) is 0 Å². The summed E-state index contributed by atoms with van der Waals surface area (Å²) in [4.78, 5) is 17.1. The average molecular weight is 363 g/mol. The highest BCUT2D eigenvalue weighted by molar-refractivity contribution is 7.08. The number of hydrogen-bond donors (Lipinski definition) is 0. The first-order valence-corrected chi connectivity index (χ1v) is 10.3. The molecule has 2 aliphatic heterocycles. The molecule has 0 spiro atoms. The number of amides is 1. The van der Waals surface area contributed by atoms with Gasteiger partial charge in [0.15, 0.2) is 0 Å². The van der Waals surface area contributed by atoms with Gasteiger partial charge in [-0.05, 0) is 53.7 Å². The monoisotopic (exact) mass is 362 g/mol. The SMILES string of the molecule is CN1[C@@H]2CC[C@H]1CC(OC(=O)N(Cc1ccsc1)c1ccsc1)C2. The summed E-state index contributed by atoms with van der Waals surface area (Å²) >= 11 is 3.26. The predicted molar refractivity (Wildman–Crippen MR) is 98.9 cm³/mol. The first-order valence-electron chi connectivity index (χ1n) is 8.44. The maximum atomic E-state index is 12.8. The number of nitrogens with zero attached hydrogens (tertiary/aromatic N) is 2. The normalized spacial score (nSPS) is 26.5. The van der Waals surface area contributed by atoms with Crippen molar-refractivity contribution in [3.05, 3.63) is 39.2 Å². The predicted octanol–water partition coefficient (Wildman–Crippen LogP) is 4.58. The zero-order valence-corrected chi connectivity index (χ0v) is 15.4. The van der Waals surface area contributed by atoms with Crippen LogP contribution in [0.25, 0.3) is 0 Å². The van der Waals surface area contributed by atoms with Crippen LogP contribution in [0.4, 0.5) is 10.5 Å². The van der Waals surface area contributed by atoms with E-state index < -0.39 is 0 Å². The van der Waals surface area contributed by atoms with Crippen molar-refractivity contribution >= 4 is 34.5 Å². The van der Waals surface area contributed by atoms with Crippen LogP contribution in [0.2, 0.25) is 0 Å². The molecule has 0 aromatic carbocycles. The van der Waals surface area contributed by atoms with Crippen molar-refractivity contribution in [2.24, 2.45) is 0 Å². The maximum absolute atomic E-state index is 12.8. The van der Waals surface area contributed by atoms with Gasteiger partial charge in [0.25, 0.3) is 0 Å². The highest BCUT2D eigenvalue weighted by Crippen LogP contribution is 2.36. The molecule has 0 saturated carbocycles. The van der Waals surface area contributed by atoms with Crippen LogP contribution in [0, 0.1) is 0 Å². The van der Waals surface area contributed by atoms with Gasteiger partial charge >= 0.3 is 6.09 Å². The van der Waals surface area contributed by atoms with Gasteiger partial charge in [-0.1, -0.05) is 0 Å². The largest absolute Gasteiger partial charge is 0.446 e. The Hall–Kier alpha value is -1.37. The number of ether oxygens (including phenoxy) is 1. The molecule has 1 unspecified atom stereocenters. The zero-order chi connectivity index (χ0) is 16.5.